The lowest BCUT2D eigenvalue weighted by Crippen LogP contribution is -2.28. The van der Waals surface area contributed by atoms with Crippen LogP contribution in [0.15, 0.2) is 18.5 Å². The lowest BCUT2D eigenvalue weighted by molar-refractivity contribution is 0.0949. The first kappa shape index (κ1) is 11.9. The van der Waals surface area contributed by atoms with Crippen molar-refractivity contribution >= 4 is 11.6 Å². The van der Waals surface area contributed by atoms with Gasteiger partial charge in [-0.1, -0.05) is 13.3 Å². The maximum atomic E-state index is 12.0. The summed E-state index contributed by atoms with van der Waals surface area (Å²) < 4.78 is 0. The number of aromatic nitrogens is 1. The van der Waals surface area contributed by atoms with E-state index in [1.807, 2.05) is 0 Å². The van der Waals surface area contributed by atoms with Crippen LogP contribution < -0.4 is 16.6 Å². The Bertz CT molecular complexity index is 407. The van der Waals surface area contributed by atoms with Gasteiger partial charge in [-0.3, -0.25) is 15.6 Å². The molecule has 1 fully saturated rings. The van der Waals surface area contributed by atoms with Crippen molar-refractivity contribution in [2.45, 2.75) is 32.2 Å². The summed E-state index contributed by atoms with van der Waals surface area (Å²) in [5.74, 6) is 5.90. The second-order valence-electron chi connectivity index (χ2n) is 4.43. The predicted octanol–water partition coefficient (Wildman–Crippen LogP) is 1.29. The Morgan fingerprint density at radius 1 is 1.65 bits per heavy atom. The molecule has 1 aromatic heterocycles. The van der Waals surface area contributed by atoms with Gasteiger partial charge in [-0.25, -0.2) is 0 Å². The summed E-state index contributed by atoms with van der Waals surface area (Å²) in [5, 5.41) is 3.01. The van der Waals surface area contributed by atoms with E-state index in [0.717, 1.165) is 6.42 Å². The number of amides is 1. The van der Waals surface area contributed by atoms with Gasteiger partial charge in [0.25, 0.3) is 5.91 Å². The van der Waals surface area contributed by atoms with Gasteiger partial charge in [0.1, 0.15) is 0 Å². The van der Waals surface area contributed by atoms with Crippen LogP contribution in [0.5, 0.6) is 0 Å². The van der Waals surface area contributed by atoms with Crippen molar-refractivity contribution in [1.29, 1.82) is 0 Å². The Hall–Kier alpha value is -1.62. The molecular weight excluding hydrogens is 216 g/mol. The molecule has 1 aliphatic carbocycles. The van der Waals surface area contributed by atoms with Crippen molar-refractivity contribution in [1.82, 2.24) is 10.3 Å². The van der Waals surface area contributed by atoms with Crippen molar-refractivity contribution < 1.29 is 4.79 Å². The maximum absolute atomic E-state index is 12.0. The molecule has 0 aliphatic heterocycles. The highest BCUT2D eigenvalue weighted by atomic mass is 16.1. The number of pyridine rings is 1. The Morgan fingerprint density at radius 2 is 2.47 bits per heavy atom. The van der Waals surface area contributed by atoms with Crippen LogP contribution in [0.4, 0.5) is 5.69 Å². The van der Waals surface area contributed by atoms with E-state index < -0.39 is 0 Å². The van der Waals surface area contributed by atoms with Crippen LogP contribution in [0.2, 0.25) is 0 Å². The van der Waals surface area contributed by atoms with Crippen LogP contribution in [0.1, 0.15) is 36.5 Å². The molecule has 0 spiro atoms. The second kappa shape index (κ2) is 5.14. The predicted molar refractivity (Wildman–Crippen MR) is 66.3 cm³/mol. The molecule has 2 atom stereocenters. The number of hydrogen-bond donors (Lipinski definition) is 3. The standard InChI is InChI=1S/C12H18N4O/c1-2-3-8-6-11(8)15-12(17)9-7-14-5-4-10(9)16-13/h4-5,7-8,11H,2-3,6,13H2,1H3,(H,14,16)(H,15,17). The molecule has 5 heteroatoms. The molecule has 1 amide bonds. The summed E-state index contributed by atoms with van der Waals surface area (Å²) in [6.45, 7) is 2.16. The topological polar surface area (TPSA) is 80.0 Å². The molecule has 4 N–H and O–H groups in total. The van der Waals surface area contributed by atoms with E-state index in [1.165, 1.54) is 19.0 Å². The van der Waals surface area contributed by atoms with E-state index in [9.17, 15) is 4.79 Å². The number of anilines is 1. The minimum absolute atomic E-state index is 0.102. The highest BCUT2D eigenvalue weighted by Gasteiger charge is 2.37. The fourth-order valence-electron chi connectivity index (χ4n) is 2.06. The van der Waals surface area contributed by atoms with Gasteiger partial charge in [0.15, 0.2) is 0 Å². The first-order chi connectivity index (χ1) is 8.26. The lowest BCUT2D eigenvalue weighted by Gasteiger charge is -2.08. The Kier molecular flexibility index (Phi) is 3.58. The number of nitrogens with two attached hydrogens (primary N) is 1. The van der Waals surface area contributed by atoms with Crippen LogP contribution in [0.3, 0.4) is 0 Å². The van der Waals surface area contributed by atoms with Crippen LogP contribution in [0.25, 0.3) is 0 Å². The highest BCUT2D eigenvalue weighted by Crippen LogP contribution is 2.34. The molecule has 1 aromatic rings. The minimum atomic E-state index is -0.102. The zero-order chi connectivity index (χ0) is 12.3. The first-order valence-corrected chi connectivity index (χ1v) is 5.97. The molecule has 1 saturated carbocycles. The molecule has 1 aliphatic rings. The average Bonchev–Trinajstić information content (AvgIpc) is 3.07. The summed E-state index contributed by atoms with van der Waals surface area (Å²) in [4.78, 5) is 15.9. The lowest BCUT2D eigenvalue weighted by atomic mass is 10.2. The van der Waals surface area contributed by atoms with Crippen molar-refractivity contribution in [3.63, 3.8) is 0 Å². The Labute approximate surface area is 101 Å². The number of nitrogens with zero attached hydrogens (tertiary/aromatic N) is 1. The number of carbonyl (C=O) groups excluding carboxylic acids is 1. The third-order valence-electron chi connectivity index (χ3n) is 3.12. The largest absolute Gasteiger partial charge is 0.349 e. The van der Waals surface area contributed by atoms with Crippen molar-refractivity contribution in [2.24, 2.45) is 11.8 Å². The van der Waals surface area contributed by atoms with Gasteiger partial charge in [-0.05, 0) is 24.8 Å². The average molecular weight is 234 g/mol. The van der Waals surface area contributed by atoms with E-state index >= 15 is 0 Å². The first-order valence-electron chi connectivity index (χ1n) is 5.97. The molecular formula is C12H18N4O. The number of carbonyl (C=O) groups is 1. The number of hydrogen-bond acceptors (Lipinski definition) is 4. The van der Waals surface area contributed by atoms with E-state index in [1.54, 1.807) is 12.3 Å². The molecule has 0 bridgehead atoms. The number of nitrogens with one attached hydrogen (secondary N) is 2. The quantitative estimate of drug-likeness (QED) is 0.529. The van der Waals surface area contributed by atoms with Gasteiger partial charge in [-0.15, -0.1) is 0 Å². The molecule has 0 aromatic carbocycles. The van der Waals surface area contributed by atoms with Crippen LogP contribution in [0, 0.1) is 5.92 Å². The van der Waals surface area contributed by atoms with Crippen molar-refractivity contribution in [3.8, 4) is 0 Å². The van der Waals surface area contributed by atoms with E-state index in [2.05, 4.69) is 22.7 Å². The second-order valence-corrected chi connectivity index (χ2v) is 4.43. The van der Waals surface area contributed by atoms with E-state index in [0.29, 0.717) is 23.2 Å². The number of hydrazine groups is 1. The molecule has 0 saturated heterocycles. The molecule has 5 nitrogen and oxygen atoms in total. The smallest absolute Gasteiger partial charge is 0.255 e. The molecule has 0 radical (unpaired) electrons. The normalized spacial score (nSPS) is 22.0. The van der Waals surface area contributed by atoms with Gasteiger partial charge in [0.05, 0.1) is 11.3 Å². The van der Waals surface area contributed by atoms with Gasteiger partial charge >= 0.3 is 0 Å². The molecule has 1 heterocycles. The molecule has 2 unspecified atom stereocenters. The van der Waals surface area contributed by atoms with E-state index in [-0.39, 0.29) is 5.91 Å². The van der Waals surface area contributed by atoms with Gasteiger partial charge in [0.2, 0.25) is 0 Å². The third-order valence-corrected chi connectivity index (χ3v) is 3.12. The van der Waals surface area contributed by atoms with Crippen LogP contribution >= 0.6 is 0 Å². The molecule has 2 rings (SSSR count). The summed E-state index contributed by atoms with van der Waals surface area (Å²) in [7, 11) is 0. The van der Waals surface area contributed by atoms with Crippen molar-refractivity contribution in [3.05, 3.63) is 24.0 Å². The van der Waals surface area contributed by atoms with Gasteiger partial charge in [0, 0.05) is 18.4 Å². The fourth-order valence-corrected chi connectivity index (χ4v) is 2.06. The zero-order valence-corrected chi connectivity index (χ0v) is 9.94. The Balaban J connectivity index is 1.96. The van der Waals surface area contributed by atoms with Gasteiger partial charge < -0.3 is 10.7 Å². The maximum Gasteiger partial charge on any atom is 0.255 e. The number of nitrogen functional groups attached to an aromatic ring is 1. The minimum Gasteiger partial charge on any atom is -0.349 e. The van der Waals surface area contributed by atoms with Crippen LogP contribution in [-0.2, 0) is 0 Å². The zero-order valence-electron chi connectivity index (χ0n) is 9.94. The molecule has 92 valence electrons. The Morgan fingerprint density at radius 3 is 3.18 bits per heavy atom. The highest BCUT2D eigenvalue weighted by molar-refractivity contribution is 5.99. The SMILES string of the molecule is CCCC1CC1NC(=O)c1cnccc1NN. The summed E-state index contributed by atoms with van der Waals surface area (Å²) >= 11 is 0. The van der Waals surface area contributed by atoms with Crippen LogP contribution in [-0.4, -0.2) is 16.9 Å². The van der Waals surface area contributed by atoms with E-state index in [4.69, 9.17) is 5.84 Å². The van der Waals surface area contributed by atoms with Crippen molar-refractivity contribution in [2.75, 3.05) is 5.43 Å². The monoisotopic (exact) mass is 234 g/mol. The summed E-state index contributed by atoms with van der Waals surface area (Å²) in [6.07, 6.45) is 6.56. The third kappa shape index (κ3) is 2.74. The molecule has 17 heavy (non-hydrogen) atoms. The summed E-state index contributed by atoms with van der Waals surface area (Å²) in [6, 6.07) is 2.01. The fraction of sp³-hybridized carbons (Fsp3) is 0.500. The number of rotatable bonds is 5. The summed E-state index contributed by atoms with van der Waals surface area (Å²) in [5.41, 5.74) is 3.61. The van der Waals surface area contributed by atoms with Gasteiger partial charge in [-0.2, -0.15) is 0 Å².